The third kappa shape index (κ3) is 2.56. The van der Waals surface area contributed by atoms with Crippen molar-refractivity contribution in [1.29, 1.82) is 5.26 Å². The van der Waals surface area contributed by atoms with E-state index in [1.165, 1.54) is 27.6 Å². The van der Waals surface area contributed by atoms with Gasteiger partial charge in [0.05, 0.1) is 0 Å². The normalized spacial score (nSPS) is 10.4. The average Bonchev–Trinajstić information content (AvgIpc) is 3.16. The van der Waals surface area contributed by atoms with E-state index in [9.17, 15) is 0 Å². The van der Waals surface area contributed by atoms with Gasteiger partial charge < -0.3 is 0 Å². The molecule has 0 aliphatic carbocycles. The molecule has 3 rings (SSSR count). The Morgan fingerprint density at radius 3 is 2.25 bits per heavy atom. The highest BCUT2D eigenvalue weighted by atomic mass is 32.2. The second-order valence-corrected chi connectivity index (χ2v) is 6.50. The van der Waals surface area contributed by atoms with E-state index in [0.717, 1.165) is 10.6 Å². The molecule has 2 heterocycles. The molecule has 3 aromatic rings. The first kappa shape index (κ1) is 13.2. The summed E-state index contributed by atoms with van der Waals surface area (Å²) in [7, 11) is 0. The maximum Gasteiger partial charge on any atom is 0.218 e. The van der Waals surface area contributed by atoms with Crippen LogP contribution in [0.4, 0.5) is 0 Å². The Morgan fingerprint density at radius 2 is 1.60 bits per heavy atom. The molecule has 98 valence electrons. The third-order valence-electron chi connectivity index (χ3n) is 2.47. The summed E-state index contributed by atoms with van der Waals surface area (Å²) < 4.78 is 0. The van der Waals surface area contributed by atoms with Gasteiger partial charge in [0.15, 0.2) is 10.0 Å². The molecule has 0 saturated heterocycles. The molecule has 0 N–H and O–H groups in total. The maximum atomic E-state index is 8.75. The molecule has 5 nitrogen and oxygen atoms in total. The van der Waals surface area contributed by atoms with Crippen molar-refractivity contribution in [3.05, 3.63) is 29.3 Å². The highest BCUT2D eigenvalue weighted by Crippen LogP contribution is 2.31. The summed E-state index contributed by atoms with van der Waals surface area (Å²) in [5.41, 5.74) is 1.02. The summed E-state index contributed by atoms with van der Waals surface area (Å²) in [5, 5.41) is 27.2. The lowest BCUT2D eigenvalue weighted by molar-refractivity contribution is 1.05. The van der Waals surface area contributed by atoms with Gasteiger partial charge in [-0.3, -0.25) is 0 Å². The highest BCUT2D eigenvalue weighted by Gasteiger charge is 2.13. The minimum absolute atomic E-state index is 0.334. The van der Waals surface area contributed by atoms with Crippen LogP contribution in [0.3, 0.4) is 0 Å². The van der Waals surface area contributed by atoms with Gasteiger partial charge in [-0.1, -0.05) is 34.8 Å². The van der Waals surface area contributed by atoms with E-state index >= 15 is 0 Å². The van der Waals surface area contributed by atoms with Crippen molar-refractivity contribution < 1.29 is 0 Å². The Labute approximate surface area is 127 Å². The van der Waals surface area contributed by atoms with E-state index in [1.807, 2.05) is 24.5 Å². The molecule has 0 saturated carbocycles. The molecular weight excluding hydrogens is 310 g/mol. The SMILES string of the molecule is CSc1ccc(-c2nnc(-c3nnc(C#N)s3)s2)cc1. The van der Waals surface area contributed by atoms with Crippen molar-refractivity contribution in [2.75, 3.05) is 6.26 Å². The Balaban J connectivity index is 1.91. The van der Waals surface area contributed by atoms with Crippen LogP contribution in [0.1, 0.15) is 5.01 Å². The predicted molar refractivity (Wildman–Crippen MR) is 80.7 cm³/mol. The Kier molecular flexibility index (Phi) is 3.73. The van der Waals surface area contributed by atoms with Gasteiger partial charge in [-0.2, -0.15) is 5.26 Å². The monoisotopic (exact) mass is 317 g/mol. The molecule has 1 aromatic carbocycles. The molecule has 20 heavy (non-hydrogen) atoms. The van der Waals surface area contributed by atoms with E-state index < -0.39 is 0 Å². The van der Waals surface area contributed by atoms with Gasteiger partial charge in [-0.15, -0.1) is 32.2 Å². The molecule has 0 amide bonds. The first-order valence-electron chi connectivity index (χ1n) is 5.52. The van der Waals surface area contributed by atoms with Crippen molar-refractivity contribution in [2.24, 2.45) is 0 Å². The molecule has 0 unspecified atom stereocenters. The Bertz CT molecular complexity index is 769. The van der Waals surface area contributed by atoms with Gasteiger partial charge in [0.2, 0.25) is 5.01 Å². The van der Waals surface area contributed by atoms with Gasteiger partial charge in [0.25, 0.3) is 0 Å². The van der Waals surface area contributed by atoms with Gasteiger partial charge in [0.1, 0.15) is 11.1 Å². The molecule has 0 atom stereocenters. The number of nitriles is 1. The first-order valence-corrected chi connectivity index (χ1v) is 8.38. The summed E-state index contributed by atoms with van der Waals surface area (Å²) in [6.45, 7) is 0. The van der Waals surface area contributed by atoms with Crippen LogP contribution >= 0.6 is 34.4 Å². The van der Waals surface area contributed by atoms with Crippen LogP contribution < -0.4 is 0 Å². The van der Waals surface area contributed by atoms with Crippen LogP contribution in [-0.2, 0) is 0 Å². The van der Waals surface area contributed by atoms with Gasteiger partial charge in [-0.25, -0.2) is 0 Å². The van der Waals surface area contributed by atoms with Crippen LogP contribution in [-0.4, -0.2) is 26.7 Å². The van der Waals surface area contributed by atoms with Crippen LogP contribution in [0.25, 0.3) is 20.6 Å². The fourth-order valence-electron chi connectivity index (χ4n) is 1.51. The van der Waals surface area contributed by atoms with Crippen molar-refractivity contribution in [3.63, 3.8) is 0 Å². The zero-order valence-electron chi connectivity index (χ0n) is 10.3. The minimum atomic E-state index is 0.334. The maximum absolute atomic E-state index is 8.75. The van der Waals surface area contributed by atoms with Crippen molar-refractivity contribution in [2.45, 2.75) is 4.90 Å². The first-order chi connectivity index (χ1) is 9.80. The van der Waals surface area contributed by atoms with Gasteiger partial charge in [0, 0.05) is 10.5 Å². The number of thioether (sulfide) groups is 1. The second kappa shape index (κ2) is 5.66. The summed E-state index contributed by atoms with van der Waals surface area (Å²) in [6.07, 6.45) is 2.04. The quantitative estimate of drug-likeness (QED) is 0.690. The lowest BCUT2D eigenvalue weighted by atomic mass is 10.2. The summed E-state index contributed by atoms with van der Waals surface area (Å²) >= 11 is 4.37. The third-order valence-corrected chi connectivity index (χ3v) is 5.15. The molecule has 2 aromatic heterocycles. The zero-order chi connectivity index (χ0) is 13.9. The number of hydrogen-bond acceptors (Lipinski definition) is 8. The fraction of sp³-hybridized carbons (Fsp3) is 0.0833. The smallest absolute Gasteiger partial charge is 0.190 e. The standard InChI is InChI=1S/C12H7N5S3/c1-18-8-4-2-7(3-5-8)10-15-17-12(20-10)11-16-14-9(6-13)19-11/h2-5H,1H3. The van der Waals surface area contributed by atoms with Crippen LogP contribution in [0.5, 0.6) is 0 Å². The summed E-state index contributed by atoms with van der Waals surface area (Å²) in [4.78, 5) is 1.21. The van der Waals surface area contributed by atoms with E-state index in [1.54, 1.807) is 11.8 Å². The molecule has 0 fully saturated rings. The average molecular weight is 317 g/mol. The van der Waals surface area contributed by atoms with Gasteiger partial charge >= 0.3 is 0 Å². The van der Waals surface area contributed by atoms with Crippen LogP contribution in [0.15, 0.2) is 29.2 Å². The van der Waals surface area contributed by atoms with E-state index in [2.05, 4.69) is 32.5 Å². The number of nitrogens with zero attached hydrogens (tertiary/aromatic N) is 5. The van der Waals surface area contributed by atoms with Crippen LogP contribution in [0, 0.1) is 11.3 Å². The number of hydrogen-bond donors (Lipinski definition) is 0. The second-order valence-electron chi connectivity index (χ2n) is 3.67. The summed E-state index contributed by atoms with van der Waals surface area (Å²) in [6, 6.07) is 10.1. The lowest BCUT2D eigenvalue weighted by Gasteiger charge is -1.97. The lowest BCUT2D eigenvalue weighted by Crippen LogP contribution is -1.77. The van der Waals surface area contributed by atoms with E-state index in [4.69, 9.17) is 5.26 Å². The van der Waals surface area contributed by atoms with Crippen molar-refractivity contribution in [3.8, 4) is 26.7 Å². The molecule has 0 radical (unpaired) electrons. The molecular formula is C12H7N5S3. The molecule has 0 bridgehead atoms. The molecule has 0 aliphatic rings. The molecule has 0 spiro atoms. The zero-order valence-corrected chi connectivity index (χ0v) is 12.7. The summed E-state index contributed by atoms with van der Waals surface area (Å²) in [5.74, 6) is 0. The Morgan fingerprint density at radius 1 is 0.950 bits per heavy atom. The van der Waals surface area contributed by atoms with Crippen molar-refractivity contribution >= 4 is 34.4 Å². The Hall–Kier alpha value is -1.82. The number of rotatable bonds is 3. The van der Waals surface area contributed by atoms with Crippen LogP contribution in [0.2, 0.25) is 0 Å². The largest absolute Gasteiger partial charge is 0.218 e. The van der Waals surface area contributed by atoms with E-state index in [0.29, 0.717) is 15.0 Å². The minimum Gasteiger partial charge on any atom is -0.190 e. The molecule has 0 aliphatic heterocycles. The van der Waals surface area contributed by atoms with Gasteiger partial charge in [-0.05, 0) is 18.4 Å². The number of benzene rings is 1. The molecule has 8 heteroatoms. The number of aromatic nitrogens is 4. The fourth-order valence-corrected chi connectivity index (χ4v) is 3.42. The van der Waals surface area contributed by atoms with E-state index in [-0.39, 0.29) is 0 Å². The highest BCUT2D eigenvalue weighted by molar-refractivity contribution is 7.98. The predicted octanol–water partition coefficient (Wildman–Crippen LogP) is 3.32. The van der Waals surface area contributed by atoms with Crippen molar-refractivity contribution in [1.82, 2.24) is 20.4 Å². The topological polar surface area (TPSA) is 75.3 Å².